The third kappa shape index (κ3) is 3.61. The lowest BCUT2D eigenvalue weighted by Gasteiger charge is -2.08. The average molecular weight is 356 g/mol. The molecule has 0 atom stereocenters. The van der Waals surface area contributed by atoms with Crippen molar-refractivity contribution in [1.82, 2.24) is 14.3 Å². The molecule has 6 nitrogen and oxygen atoms in total. The summed E-state index contributed by atoms with van der Waals surface area (Å²) in [6.07, 6.45) is 4.76. The van der Waals surface area contributed by atoms with E-state index in [1.165, 1.54) is 16.0 Å². The highest BCUT2D eigenvalue weighted by atomic mass is 32.1. The predicted octanol–water partition coefficient (Wildman–Crippen LogP) is 2.73. The Kier molecular flexibility index (Phi) is 5.23. The molecule has 2 aromatic heterocycles. The van der Waals surface area contributed by atoms with Crippen molar-refractivity contribution in [3.05, 3.63) is 56.7 Å². The SMILES string of the molecule is CCCCCn1nc(C(=O)N=c2sccn2C)c2ccccc2c1=O. The first kappa shape index (κ1) is 17.3. The molecule has 0 unspecified atom stereocenters. The van der Waals surface area contributed by atoms with E-state index < -0.39 is 5.91 Å². The van der Waals surface area contributed by atoms with Crippen molar-refractivity contribution in [3.8, 4) is 0 Å². The summed E-state index contributed by atoms with van der Waals surface area (Å²) in [5, 5.41) is 7.25. The van der Waals surface area contributed by atoms with Gasteiger partial charge in [-0.15, -0.1) is 11.3 Å². The van der Waals surface area contributed by atoms with Gasteiger partial charge in [0.25, 0.3) is 5.56 Å². The molecule has 2 heterocycles. The van der Waals surface area contributed by atoms with E-state index in [1.807, 2.05) is 18.6 Å². The second-order valence-corrected chi connectivity index (χ2v) is 6.72. The standard InChI is InChI=1S/C18H20N4O2S/c1-3-4-7-10-22-17(24)14-9-6-5-8-13(14)15(20-22)16(23)19-18-21(2)11-12-25-18/h5-6,8-9,11-12H,3-4,7,10H2,1-2H3. The summed E-state index contributed by atoms with van der Waals surface area (Å²) in [6.45, 7) is 2.61. The summed E-state index contributed by atoms with van der Waals surface area (Å²) in [7, 11) is 1.83. The molecule has 1 amide bonds. The molecule has 0 N–H and O–H groups in total. The van der Waals surface area contributed by atoms with Gasteiger partial charge in [-0.25, -0.2) is 4.68 Å². The smallest absolute Gasteiger partial charge is 0.300 e. The van der Waals surface area contributed by atoms with E-state index >= 15 is 0 Å². The molecule has 1 aromatic carbocycles. The second kappa shape index (κ2) is 7.57. The van der Waals surface area contributed by atoms with E-state index in [1.54, 1.807) is 28.8 Å². The van der Waals surface area contributed by atoms with Crippen LogP contribution in [0.5, 0.6) is 0 Å². The monoisotopic (exact) mass is 356 g/mol. The molecule has 0 aliphatic rings. The van der Waals surface area contributed by atoms with Gasteiger partial charge >= 0.3 is 5.91 Å². The minimum atomic E-state index is -0.432. The molecular weight excluding hydrogens is 336 g/mol. The van der Waals surface area contributed by atoms with Crippen LogP contribution in [0.1, 0.15) is 36.7 Å². The van der Waals surface area contributed by atoms with Crippen LogP contribution in [0.2, 0.25) is 0 Å². The van der Waals surface area contributed by atoms with Crippen LogP contribution in [0.4, 0.5) is 0 Å². The lowest BCUT2D eigenvalue weighted by Crippen LogP contribution is -2.26. The fourth-order valence-electron chi connectivity index (χ4n) is 2.63. The number of carbonyl (C=O) groups excluding carboxylic acids is 1. The summed E-state index contributed by atoms with van der Waals surface area (Å²) in [6, 6.07) is 7.08. The van der Waals surface area contributed by atoms with Gasteiger partial charge < -0.3 is 4.57 Å². The Morgan fingerprint density at radius 3 is 2.68 bits per heavy atom. The third-order valence-corrected chi connectivity index (χ3v) is 4.85. The van der Waals surface area contributed by atoms with Gasteiger partial charge in [-0.3, -0.25) is 9.59 Å². The Bertz CT molecular complexity index is 1030. The van der Waals surface area contributed by atoms with Gasteiger partial charge in [-0.2, -0.15) is 10.1 Å². The Morgan fingerprint density at radius 1 is 1.24 bits per heavy atom. The van der Waals surface area contributed by atoms with Crippen molar-refractivity contribution in [3.63, 3.8) is 0 Å². The first-order valence-electron chi connectivity index (χ1n) is 8.31. The fraction of sp³-hybridized carbons (Fsp3) is 0.333. The minimum absolute atomic E-state index is 0.162. The molecule has 7 heteroatoms. The molecule has 0 spiro atoms. The van der Waals surface area contributed by atoms with Crippen molar-refractivity contribution in [2.45, 2.75) is 32.7 Å². The maximum atomic E-state index is 12.7. The maximum Gasteiger partial charge on any atom is 0.300 e. The quantitative estimate of drug-likeness (QED) is 0.660. The van der Waals surface area contributed by atoms with Gasteiger partial charge in [0.15, 0.2) is 10.5 Å². The van der Waals surface area contributed by atoms with Crippen LogP contribution >= 0.6 is 11.3 Å². The van der Waals surface area contributed by atoms with Gasteiger partial charge in [-0.1, -0.05) is 38.0 Å². The summed E-state index contributed by atoms with van der Waals surface area (Å²) in [5.74, 6) is -0.432. The van der Waals surface area contributed by atoms with Crippen LogP contribution < -0.4 is 10.4 Å². The van der Waals surface area contributed by atoms with E-state index in [-0.39, 0.29) is 11.3 Å². The number of thiazole rings is 1. The number of rotatable bonds is 5. The molecule has 0 saturated carbocycles. The van der Waals surface area contributed by atoms with E-state index in [0.29, 0.717) is 22.1 Å². The van der Waals surface area contributed by atoms with Gasteiger partial charge in [0.1, 0.15) is 0 Å². The summed E-state index contributed by atoms with van der Waals surface area (Å²) < 4.78 is 3.18. The molecule has 3 aromatic rings. The summed E-state index contributed by atoms with van der Waals surface area (Å²) >= 11 is 1.38. The van der Waals surface area contributed by atoms with E-state index in [2.05, 4.69) is 17.0 Å². The largest absolute Gasteiger partial charge is 0.327 e. The number of hydrogen-bond acceptors (Lipinski definition) is 4. The van der Waals surface area contributed by atoms with Crippen molar-refractivity contribution in [2.75, 3.05) is 0 Å². The zero-order chi connectivity index (χ0) is 17.8. The first-order chi connectivity index (χ1) is 12.1. The van der Waals surface area contributed by atoms with Gasteiger partial charge in [0.05, 0.1) is 5.39 Å². The molecule has 0 aliphatic heterocycles. The fourth-order valence-corrected chi connectivity index (χ4v) is 3.36. The minimum Gasteiger partial charge on any atom is -0.327 e. The maximum absolute atomic E-state index is 12.7. The van der Waals surface area contributed by atoms with Crippen molar-refractivity contribution < 1.29 is 4.79 Å². The summed E-state index contributed by atoms with van der Waals surface area (Å²) in [5.41, 5.74) is 0.0602. The molecule has 0 fully saturated rings. The number of nitrogens with zero attached hydrogens (tertiary/aromatic N) is 4. The Morgan fingerprint density at radius 2 is 2.00 bits per heavy atom. The number of amides is 1. The normalized spacial score (nSPS) is 12.0. The Labute approximate surface area is 149 Å². The number of aryl methyl sites for hydroxylation is 2. The van der Waals surface area contributed by atoms with Crippen molar-refractivity contribution in [1.29, 1.82) is 0 Å². The number of unbranched alkanes of at least 4 members (excludes halogenated alkanes) is 2. The van der Waals surface area contributed by atoms with Crippen molar-refractivity contribution >= 4 is 28.0 Å². The molecule has 0 aliphatic carbocycles. The summed E-state index contributed by atoms with van der Waals surface area (Å²) in [4.78, 5) is 30.1. The molecule has 3 rings (SSSR count). The van der Waals surface area contributed by atoms with E-state index in [4.69, 9.17) is 0 Å². The van der Waals surface area contributed by atoms with Crippen LogP contribution in [0.3, 0.4) is 0 Å². The van der Waals surface area contributed by atoms with Gasteiger partial charge in [0.2, 0.25) is 0 Å². The zero-order valence-electron chi connectivity index (χ0n) is 14.3. The van der Waals surface area contributed by atoms with Crippen LogP contribution in [-0.2, 0) is 13.6 Å². The van der Waals surface area contributed by atoms with Crippen LogP contribution in [0, 0.1) is 0 Å². The molecular formula is C18H20N4O2S. The number of hydrogen-bond donors (Lipinski definition) is 0. The first-order valence-corrected chi connectivity index (χ1v) is 9.19. The van der Waals surface area contributed by atoms with Gasteiger partial charge in [0, 0.05) is 30.6 Å². The third-order valence-electron chi connectivity index (χ3n) is 4.00. The van der Waals surface area contributed by atoms with E-state index in [9.17, 15) is 9.59 Å². The van der Waals surface area contributed by atoms with Crippen LogP contribution in [0.15, 0.2) is 45.6 Å². The van der Waals surface area contributed by atoms with Crippen LogP contribution in [-0.4, -0.2) is 20.3 Å². The number of aromatic nitrogens is 3. The molecule has 0 bridgehead atoms. The Balaban J connectivity index is 2.13. The number of benzene rings is 1. The average Bonchev–Trinajstić information content (AvgIpc) is 3.02. The highest BCUT2D eigenvalue weighted by Crippen LogP contribution is 2.14. The van der Waals surface area contributed by atoms with Crippen molar-refractivity contribution in [2.24, 2.45) is 12.0 Å². The zero-order valence-corrected chi connectivity index (χ0v) is 15.1. The van der Waals surface area contributed by atoms with Gasteiger partial charge in [-0.05, 0) is 12.5 Å². The van der Waals surface area contributed by atoms with E-state index in [0.717, 1.165) is 19.3 Å². The second-order valence-electron chi connectivity index (χ2n) is 5.84. The highest BCUT2D eigenvalue weighted by molar-refractivity contribution is 7.07. The molecule has 0 saturated heterocycles. The molecule has 25 heavy (non-hydrogen) atoms. The topological polar surface area (TPSA) is 69.2 Å². The Hall–Kier alpha value is -2.54. The number of fused-ring (bicyclic) bond motifs is 1. The lowest BCUT2D eigenvalue weighted by molar-refractivity contribution is 0.0992. The predicted molar refractivity (Wildman–Crippen MR) is 98.7 cm³/mol. The lowest BCUT2D eigenvalue weighted by atomic mass is 10.1. The van der Waals surface area contributed by atoms with Crippen LogP contribution in [0.25, 0.3) is 10.8 Å². The highest BCUT2D eigenvalue weighted by Gasteiger charge is 2.16. The molecule has 130 valence electrons. The molecule has 0 radical (unpaired) electrons. The number of carbonyl (C=O) groups is 1.